The van der Waals surface area contributed by atoms with Gasteiger partial charge in [0.25, 0.3) is 0 Å². The molecule has 0 saturated carbocycles. The Kier molecular flexibility index (Phi) is 5.47. The van der Waals surface area contributed by atoms with E-state index in [0.717, 1.165) is 17.0 Å². The number of aromatic nitrogens is 3. The summed E-state index contributed by atoms with van der Waals surface area (Å²) in [6.45, 7) is 3.66. The summed E-state index contributed by atoms with van der Waals surface area (Å²) in [6.07, 6.45) is 1.62. The fourth-order valence-electron chi connectivity index (χ4n) is 3.81. The van der Waals surface area contributed by atoms with Gasteiger partial charge in [0.15, 0.2) is 11.0 Å². The van der Waals surface area contributed by atoms with Gasteiger partial charge in [0.1, 0.15) is 12.3 Å². The number of carbonyl (C=O) groups excluding carboxylic acids is 2. The molecule has 1 N–H and O–H groups in total. The van der Waals surface area contributed by atoms with Crippen LogP contribution in [-0.4, -0.2) is 38.4 Å². The zero-order chi connectivity index (χ0) is 22.9. The van der Waals surface area contributed by atoms with Crippen molar-refractivity contribution < 1.29 is 14.0 Å². The minimum absolute atomic E-state index is 0.0222. The molecule has 1 aliphatic heterocycles. The van der Waals surface area contributed by atoms with Gasteiger partial charge in [0, 0.05) is 5.69 Å². The number of rotatable bonds is 5. The van der Waals surface area contributed by atoms with E-state index in [4.69, 9.17) is 4.42 Å². The average molecular weight is 460 g/mol. The lowest BCUT2D eigenvalue weighted by Gasteiger charge is -2.30. The molecule has 2 aromatic carbocycles. The number of anilines is 2. The van der Waals surface area contributed by atoms with Crippen LogP contribution >= 0.6 is 11.8 Å². The SMILES string of the molecule is Cc1occc1-c1nnc(SC(C)C(=O)N2CC(=O)Nc3ccccc32)n1-c1ccccc1. The molecule has 1 atom stereocenters. The first-order valence-electron chi connectivity index (χ1n) is 10.4. The third-order valence-electron chi connectivity index (χ3n) is 5.41. The molecule has 166 valence electrons. The minimum atomic E-state index is -0.506. The van der Waals surface area contributed by atoms with E-state index >= 15 is 0 Å². The monoisotopic (exact) mass is 459 g/mol. The number of hydrogen-bond acceptors (Lipinski definition) is 6. The van der Waals surface area contributed by atoms with E-state index in [-0.39, 0.29) is 18.4 Å². The van der Waals surface area contributed by atoms with E-state index in [1.807, 2.05) is 73.0 Å². The van der Waals surface area contributed by atoms with Crippen molar-refractivity contribution in [1.82, 2.24) is 14.8 Å². The Morgan fingerprint density at radius 2 is 1.85 bits per heavy atom. The van der Waals surface area contributed by atoms with E-state index in [1.165, 1.54) is 16.7 Å². The van der Waals surface area contributed by atoms with Gasteiger partial charge in [-0.1, -0.05) is 42.1 Å². The topological polar surface area (TPSA) is 93.3 Å². The third kappa shape index (κ3) is 3.91. The molecule has 0 radical (unpaired) electrons. The number of carbonyl (C=O) groups is 2. The van der Waals surface area contributed by atoms with E-state index in [0.29, 0.717) is 22.4 Å². The molecule has 1 aliphatic rings. The second kappa shape index (κ2) is 8.59. The number of amides is 2. The average Bonchev–Trinajstić information content (AvgIpc) is 3.44. The van der Waals surface area contributed by atoms with Gasteiger partial charge in [-0.3, -0.25) is 19.1 Å². The molecule has 0 bridgehead atoms. The van der Waals surface area contributed by atoms with Crippen molar-refractivity contribution in [3.05, 3.63) is 72.7 Å². The van der Waals surface area contributed by atoms with Crippen LogP contribution < -0.4 is 10.2 Å². The van der Waals surface area contributed by atoms with Crippen molar-refractivity contribution >= 4 is 35.0 Å². The quantitative estimate of drug-likeness (QED) is 0.447. The van der Waals surface area contributed by atoms with Gasteiger partial charge in [-0.15, -0.1) is 10.2 Å². The van der Waals surface area contributed by atoms with Gasteiger partial charge in [-0.05, 0) is 44.2 Å². The summed E-state index contributed by atoms with van der Waals surface area (Å²) in [6, 6.07) is 18.9. The van der Waals surface area contributed by atoms with Crippen molar-refractivity contribution in [3.63, 3.8) is 0 Å². The van der Waals surface area contributed by atoms with Gasteiger partial charge in [0.2, 0.25) is 11.8 Å². The summed E-state index contributed by atoms with van der Waals surface area (Å²) in [7, 11) is 0. The third-order valence-corrected chi connectivity index (χ3v) is 6.44. The summed E-state index contributed by atoms with van der Waals surface area (Å²) in [4.78, 5) is 27.1. The molecule has 33 heavy (non-hydrogen) atoms. The Balaban J connectivity index is 1.49. The van der Waals surface area contributed by atoms with Gasteiger partial charge in [-0.25, -0.2) is 0 Å². The maximum Gasteiger partial charge on any atom is 0.244 e. The lowest BCUT2D eigenvalue weighted by atomic mass is 10.2. The first-order valence-corrected chi connectivity index (χ1v) is 11.3. The lowest BCUT2D eigenvalue weighted by Crippen LogP contribution is -2.45. The summed E-state index contributed by atoms with van der Waals surface area (Å²) in [5.74, 6) is 0.976. The Hall–Kier alpha value is -3.85. The Labute approximate surface area is 194 Å². The molecular formula is C24H21N5O3S. The molecule has 5 rings (SSSR count). The number of nitrogens with one attached hydrogen (secondary N) is 1. The van der Waals surface area contributed by atoms with E-state index in [2.05, 4.69) is 15.5 Å². The highest BCUT2D eigenvalue weighted by atomic mass is 32.2. The predicted octanol–water partition coefficient (Wildman–Crippen LogP) is 4.30. The molecule has 0 spiro atoms. The predicted molar refractivity (Wildman–Crippen MR) is 127 cm³/mol. The minimum Gasteiger partial charge on any atom is -0.469 e. The van der Waals surface area contributed by atoms with E-state index in [9.17, 15) is 9.59 Å². The number of fused-ring (bicyclic) bond motifs is 1. The molecule has 4 aromatic rings. The van der Waals surface area contributed by atoms with Crippen LogP contribution in [-0.2, 0) is 9.59 Å². The Bertz CT molecular complexity index is 1330. The van der Waals surface area contributed by atoms with Gasteiger partial charge in [0.05, 0.1) is 28.5 Å². The molecule has 0 saturated heterocycles. The van der Waals surface area contributed by atoms with Gasteiger partial charge in [-0.2, -0.15) is 0 Å². The highest BCUT2D eigenvalue weighted by Crippen LogP contribution is 2.34. The maximum atomic E-state index is 13.4. The standard InChI is InChI=1S/C24H21N5O3S/c1-15-18(12-13-32-15)22-26-27-24(29(22)17-8-4-3-5-9-17)33-16(2)23(31)28-14-21(30)25-19-10-6-7-11-20(19)28/h3-13,16H,14H2,1-2H3,(H,25,30). The molecule has 1 unspecified atom stereocenters. The van der Waals surface area contributed by atoms with Crippen molar-refractivity contribution in [2.24, 2.45) is 0 Å². The highest BCUT2D eigenvalue weighted by molar-refractivity contribution is 8.00. The smallest absolute Gasteiger partial charge is 0.244 e. The highest BCUT2D eigenvalue weighted by Gasteiger charge is 2.31. The van der Waals surface area contributed by atoms with Crippen LogP contribution in [0.1, 0.15) is 12.7 Å². The summed E-state index contributed by atoms with van der Waals surface area (Å²) in [5, 5.41) is 11.7. The fraction of sp³-hybridized carbons (Fsp3) is 0.167. The van der Waals surface area contributed by atoms with Crippen LogP contribution in [0.2, 0.25) is 0 Å². The largest absolute Gasteiger partial charge is 0.469 e. The molecule has 3 heterocycles. The molecule has 0 fully saturated rings. The van der Waals surface area contributed by atoms with E-state index < -0.39 is 5.25 Å². The number of benzene rings is 2. The number of hydrogen-bond donors (Lipinski definition) is 1. The number of aryl methyl sites for hydroxylation is 1. The Morgan fingerprint density at radius 3 is 2.61 bits per heavy atom. The zero-order valence-electron chi connectivity index (χ0n) is 18.1. The maximum absolute atomic E-state index is 13.4. The molecule has 8 nitrogen and oxygen atoms in total. The second-order valence-corrected chi connectivity index (χ2v) is 8.93. The molecule has 9 heteroatoms. The Morgan fingerprint density at radius 1 is 1.09 bits per heavy atom. The molecule has 2 aromatic heterocycles. The molecule has 0 aliphatic carbocycles. The summed E-state index contributed by atoms with van der Waals surface area (Å²) in [5.41, 5.74) is 3.03. The first kappa shape index (κ1) is 21.0. The van der Waals surface area contributed by atoms with Gasteiger partial charge >= 0.3 is 0 Å². The van der Waals surface area contributed by atoms with Crippen molar-refractivity contribution in [1.29, 1.82) is 0 Å². The van der Waals surface area contributed by atoms with Crippen LogP contribution in [0.5, 0.6) is 0 Å². The molecular weight excluding hydrogens is 438 g/mol. The molecule has 2 amide bonds. The fourth-order valence-corrected chi connectivity index (χ4v) is 4.73. The summed E-state index contributed by atoms with van der Waals surface area (Å²) < 4.78 is 7.39. The number of thioether (sulfide) groups is 1. The van der Waals surface area contributed by atoms with Gasteiger partial charge < -0.3 is 9.73 Å². The van der Waals surface area contributed by atoms with Crippen molar-refractivity contribution in [2.75, 3.05) is 16.8 Å². The first-order chi connectivity index (χ1) is 16.0. The van der Waals surface area contributed by atoms with Crippen LogP contribution in [0.15, 0.2) is 76.5 Å². The van der Waals surface area contributed by atoms with Crippen molar-refractivity contribution in [2.45, 2.75) is 24.3 Å². The van der Waals surface area contributed by atoms with Crippen LogP contribution in [0.4, 0.5) is 11.4 Å². The normalized spacial score (nSPS) is 14.0. The second-order valence-electron chi connectivity index (χ2n) is 7.62. The lowest BCUT2D eigenvalue weighted by molar-refractivity contribution is -0.121. The van der Waals surface area contributed by atoms with E-state index in [1.54, 1.807) is 12.3 Å². The van der Waals surface area contributed by atoms with Crippen LogP contribution in [0, 0.1) is 6.92 Å². The zero-order valence-corrected chi connectivity index (χ0v) is 18.9. The number of furan rings is 1. The van der Waals surface area contributed by atoms with Crippen LogP contribution in [0.3, 0.4) is 0 Å². The number of nitrogens with zero attached hydrogens (tertiary/aromatic N) is 4. The summed E-state index contributed by atoms with van der Waals surface area (Å²) >= 11 is 1.30. The van der Waals surface area contributed by atoms with Crippen molar-refractivity contribution in [3.8, 4) is 17.1 Å². The van der Waals surface area contributed by atoms with Crippen LogP contribution in [0.25, 0.3) is 17.1 Å². The number of para-hydroxylation sites is 3.